The fraction of sp³-hybridized carbons (Fsp3) is 0.600. The predicted molar refractivity (Wildman–Crippen MR) is 97.7 cm³/mol. The maximum Gasteiger partial charge on any atom is 0.404 e. The minimum atomic E-state index is -0.649. The minimum absolute atomic E-state index is 0.0241. The van der Waals surface area contributed by atoms with Crippen molar-refractivity contribution in [3.8, 4) is 11.8 Å². The SMILES string of the molecule is N#Cc1ccc(OCCCN2CCC(OC(N)=O)C3CCCCC32)cc1. The number of likely N-dealkylation sites (tertiary alicyclic amines) is 1. The number of hydrogen-bond acceptors (Lipinski definition) is 5. The van der Waals surface area contributed by atoms with Gasteiger partial charge in [-0.15, -0.1) is 0 Å². The van der Waals surface area contributed by atoms with E-state index in [0.717, 1.165) is 38.1 Å². The first-order valence-electron chi connectivity index (χ1n) is 9.50. The van der Waals surface area contributed by atoms with Gasteiger partial charge in [0.2, 0.25) is 0 Å². The Hall–Kier alpha value is -2.26. The van der Waals surface area contributed by atoms with Gasteiger partial charge in [0, 0.05) is 25.0 Å². The largest absolute Gasteiger partial charge is 0.494 e. The van der Waals surface area contributed by atoms with Gasteiger partial charge in [0.15, 0.2) is 0 Å². The van der Waals surface area contributed by atoms with Crippen LogP contribution in [0.1, 0.15) is 44.1 Å². The number of nitrogens with two attached hydrogens (primary N) is 1. The Bertz CT molecular complexity index is 641. The minimum Gasteiger partial charge on any atom is -0.494 e. The van der Waals surface area contributed by atoms with Crippen molar-refractivity contribution in [1.29, 1.82) is 5.26 Å². The van der Waals surface area contributed by atoms with Gasteiger partial charge in [-0.25, -0.2) is 4.79 Å². The summed E-state index contributed by atoms with van der Waals surface area (Å²) in [6.45, 7) is 2.58. The second-order valence-electron chi connectivity index (χ2n) is 7.15. The second-order valence-corrected chi connectivity index (χ2v) is 7.15. The van der Waals surface area contributed by atoms with E-state index >= 15 is 0 Å². The molecule has 0 spiro atoms. The average Bonchev–Trinajstić information content (AvgIpc) is 2.66. The summed E-state index contributed by atoms with van der Waals surface area (Å²) in [5, 5.41) is 8.82. The maximum atomic E-state index is 11.2. The van der Waals surface area contributed by atoms with Gasteiger partial charge in [0.25, 0.3) is 0 Å². The highest BCUT2D eigenvalue weighted by atomic mass is 16.6. The zero-order valence-corrected chi connectivity index (χ0v) is 15.1. The van der Waals surface area contributed by atoms with Gasteiger partial charge in [-0.05, 0) is 49.9 Å². The van der Waals surface area contributed by atoms with E-state index in [-0.39, 0.29) is 6.10 Å². The highest BCUT2D eigenvalue weighted by Crippen LogP contribution is 2.37. The Balaban J connectivity index is 1.47. The summed E-state index contributed by atoms with van der Waals surface area (Å²) in [5.41, 5.74) is 5.88. The first-order valence-corrected chi connectivity index (χ1v) is 9.50. The molecule has 1 saturated carbocycles. The smallest absolute Gasteiger partial charge is 0.404 e. The summed E-state index contributed by atoms with van der Waals surface area (Å²) in [7, 11) is 0. The molecule has 0 bridgehead atoms. The molecule has 1 heterocycles. The molecule has 140 valence electrons. The van der Waals surface area contributed by atoms with Crippen LogP contribution >= 0.6 is 0 Å². The molecule has 3 unspecified atom stereocenters. The van der Waals surface area contributed by atoms with E-state index < -0.39 is 6.09 Å². The number of rotatable bonds is 6. The molecule has 1 aromatic rings. The Morgan fingerprint density at radius 1 is 1.23 bits per heavy atom. The van der Waals surface area contributed by atoms with Crippen LogP contribution in [0.25, 0.3) is 0 Å². The Morgan fingerprint density at radius 2 is 2.00 bits per heavy atom. The lowest BCUT2D eigenvalue weighted by Gasteiger charge is -2.47. The van der Waals surface area contributed by atoms with Gasteiger partial charge in [-0.1, -0.05) is 12.8 Å². The van der Waals surface area contributed by atoms with Crippen molar-refractivity contribution in [3.63, 3.8) is 0 Å². The number of fused-ring (bicyclic) bond motifs is 1. The number of primary amides is 1. The normalized spacial score (nSPS) is 25.7. The molecule has 3 atom stereocenters. The quantitative estimate of drug-likeness (QED) is 0.791. The lowest BCUT2D eigenvalue weighted by molar-refractivity contribution is -0.0423. The van der Waals surface area contributed by atoms with Crippen molar-refractivity contribution in [1.82, 2.24) is 4.90 Å². The molecule has 0 radical (unpaired) electrons. The van der Waals surface area contributed by atoms with Crippen LogP contribution in [0.5, 0.6) is 5.75 Å². The van der Waals surface area contributed by atoms with Crippen LogP contribution in [0.4, 0.5) is 4.79 Å². The molecule has 1 saturated heterocycles. The molecule has 2 aliphatic rings. The maximum absolute atomic E-state index is 11.2. The van der Waals surface area contributed by atoms with Crippen LogP contribution in [0.3, 0.4) is 0 Å². The molecule has 3 rings (SSSR count). The summed E-state index contributed by atoms with van der Waals surface area (Å²) in [6, 6.07) is 9.80. The van der Waals surface area contributed by atoms with Crippen LogP contribution in [0, 0.1) is 17.2 Å². The highest BCUT2D eigenvalue weighted by Gasteiger charge is 2.40. The molecule has 26 heavy (non-hydrogen) atoms. The number of ether oxygens (including phenoxy) is 2. The number of nitriles is 1. The zero-order chi connectivity index (χ0) is 18.4. The molecule has 6 heteroatoms. The van der Waals surface area contributed by atoms with Gasteiger partial charge in [0.05, 0.1) is 18.2 Å². The van der Waals surface area contributed by atoms with Crippen LogP contribution in [0.2, 0.25) is 0 Å². The molecule has 0 aromatic heterocycles. The van der Waals surface area contributed by atoms with E-state index in [1.54, 1.807) is 12.1 Å². The van der Waals surface area contributed by atoms with Crippen molar-refractivity contribution in [3.05, 3.63) is 29.8 Å². The molecule has 1 aliphatic carbocycles. The molecule has 2 N–H and O–H groups in total. The van der Waals surface area contributed by atoms with Crippen LogP contribution < -0.4 is 10.5 Å². The number of carbonyl (C=O) groups is 1. The van der Waals surface area contributed by atoms with Crippen molar-refractivity contribution >= 4 is 6.09 Å². The molecule has 6 nitrogen and oxygen atoms in total. The van der Waals surface area contributed by atoms with E-state index in [1.807, 2.05) is 12.1 Å². The van der Waals surface area contributed by atoms with Crippen LogP contribution in [0.15, 0.2) is 24.3 Å². The molecule has 1 amide bonds. The topological polar surface area (TPSA) is 88.6 Å². The average molecular weight is 357 g/mol. The third-order valence-electron chi connectivity index (χ3n) is 5.54. The van der Waals surface area contributed by atoms with E-state index in [9.17, 15) is 4.79 Å². The van der Waals surface area contributed by atoms with Gasteiger partial charge in [-0.3, -0.25) is 4.90 Å². The number of hydrogen-bond donors (Lipinski definition) is 1. The van der Waals surface area contributed by atoms with E-state index in [0.29, 0.717) is 24.1 Å². The standard InChI is InChI=1S/C20H27N3O3/c21-14-15-6-8-16(9-7-15)25-13-3-11-23-12-10-19(26-20(22)24)17-4-1-2-5-18(17)23/h6-9,17-19H,1-5,10-13H2,(H2,22,24). The van der Waals surface area contributed by atoms with E-state index in [1.165, 1.54) is 19.3 Å². The molecule has 1 aliphatic heterocycles. The molecule has 2 fully saturated rings. The first kappa shape index (κ1) is 18.5. The van der Waals surface area contributed by atoms with Gasteiger partial charge in [0.1, 0.15) is 11.9 Å². The number of nitrogens with zero attached hydrogens (tertiary/aromatic N) is 2. The molecular formula is C20H27N3O3. The highest BCUT2D eigenvalue weighted by molar-refractivity contribution is 5.64. The van der Waals surface area contributed by atoms with E-state index in [2.05, 4.69) is 11.0 Å². The second kappa shape index (κ2) is 8.91. The predicted octanol–water partition coefficient (Wildman–Crippen LogP) is 3.06. The summed E-state index contributed by atoms with van der Waals surface area (Å²) in [5.74, 6) is 1.21. The zero-order valence-electron chi connectivity index (χ0n) is 15.1. The summed E-state index contributed by atoms with van der Waals surface area (Å²) >= 11 is 0. The lowest BCUT2D eigenvalue weighted by Crippen LogP contribution is -2.54. The summed E-state index contributed by atoms with van der Waals surface area (Å²) in [4.78, 5) is 13.7. The first-order chi connectivity index (χ1) is 12.7. The van der Waals surface area contributed by atoms with Crippen LogP contribution in [-0.4, -0.2) is 42.8 Å². The van der Waals surface area contributed by atoms with Crippen molar-refractivity contribution in [2.45, 2.75) is 50.7 Å². The van der Waals surface area contributed by atoms with Gasteiger partial charge >= 0.3 is 6.09 Å². The van der Waals surface area contributed by atoms with Gasteiger partial charge in [-0.2, -0.15) is 5.26 Å². The van der Waals surface area contributed by atoms with Gasteiger partial charge < -0.3 is 15.2 Å². The van der Waals surface area contributed by atoms with Crippen molar-refractivity contribution < 1.29 is 14.3 Å². The van der Waals surface area contributed by atoms with E-state index in [4.69, 9.17) is 20.5 Å². The molecule has 1 aromatic carbocycles. The van der Waals surface area contributed by atoms with Crippen LogP contribution in [-0.2, 0) is 4.74 Å². The Morgan fingerprint density at radius 3 is 2.73 bits per heavy atom. The molecular weight excluding hydrogens is 330 g/mol. The Kier molecular flexibility index (Phi) is 6.35. The number of piperidine rings is 1. The summed E-state index contributed by atoms with van der Waals surface area (Å²) < 4.78 is 11.2. The Labute approximate surface area is 154 Å². The van der Waals surface area contributed by atoms with Crippen molar-refractivity contribution in [2.75, 3.05) is 19.7 Å². The fourth-order valence-corrected chi connectivity index (χ4v) is 4.36. The number of benzene rings is 1. The fourth-order valence-electron chi connectivity index (χ4n) is 4.36. The third-order valence-corrected chi connectivity index (χ3v) is 5.54. The summed E-state index contributed by atoms with van der Waals surface area (Å²) in [6.07, 6.45) is 5.86. The third kappa shape index (κ3) is 4.67. The monoisotopic (exact) mass is 357 g/mol. The number of amides is 1. The number of carbonyl (C=O) groups excluding carboxylic acids is 1. The lowest BCUT2D eigenvalue weighted by atomic mass is 9.76. The van der Waals surface area contributed by atoms with Crippen molar-refractivity contribution in [2.24, 2.45) is 11.7 Å².